The Kier molecular flexibility index (Phi) is 2.66. The zero-order valence-corrected chi connectivity index (χ0v) is 10.4. The molecule has 0 saturated carbocycles. The first kappa shape index (κ1) is 11.1. The molecule has 0 atom stereocenters. The fourth-order valence-corrected chi connectivity index (χ4v) is 1.71. The van der Waals surface area contributed by atoms with Gasteiger partial charge in [-0.25, -0.2) is 9.97 Å². The van der Waals surface area contributed by atoms with Crippen molar-refractivity contribution in [1.29, 1.82) is 0 Å². The van der Waals surface area contributed by atoms with E-state index in [2.05, 4.69) is 55.9 Å². The quantitative estimate of drug-likeness (QED) is 0.726. The minimum absolute atomic E-state index is 0.178. The first-order valence-electron chi connectivity index (χ1n) is 5.77. The standard InChI is InChI=1S/C14H18N2/c1-5-13-15-9-10-8-11(14(2,3)4)6-7-12(10)16-13/h6-9H,5H2,1-4H3. The summed E-state index contributed by atoms with van der Waals surface area (Å²) in [5, 5.41) is 1.13. The molecule has 2 nitrogen and oxygen atoms in total. The Balaban J connectivity index is 2.56. The van der Waals surface area contributed by atoms with E-state index < -0.39 is 0 Å². The number of fused-ring (bicyclic) bond motifs is 1. The lowest BCUT2D eigenvalue weighted by atomic mass is 9.86. The van der Waals surface area contributed by atoms with E-state index in [-0.39, 0.29) is 5.41 Å². The van der Waals surface area contributed by atoms with Crippen LogP contribution in [0, 0.1) is 0 Å². The van der Waals surface area contributed by atoms with Crippen molar-refractivity contribution in [3.05, 3.63) is 35.8 Å². The lowest BCUT2D eigenvalue weighted by Crippen LogP contribution is -2.10. The molecule has 2 heteroatoms. The minimum Gasteiger partial charge on any atom is -0.241 e. The number of aromatic nitrogens is 2. The van der Waals surface area contributed by atoms with Crippen molar-refractivity contribution < 1.29 is 0 Å². The van der Waals surface area contributed by atoms with Crippen LogP contribution >= 0.6 is 0 Å². The van der Waals surface area contributed by atoms with Crippen LogP contribution in [0.2, 0.25) is 0 Å². The van der Waals surface area contributed by atoms with Crippen LogP contribution in [-0.4, -0.2) is 9.97 Å². The second-order valence-corrected chi connectivity index (χ2v) is 5.16. The van der Waals surface area contributed by atoms with E-state index in [4.69, 9.17) is 0 Å². The largest absolute Gasteiger partial charge is 0.241 e. The Labute approximate surface area is 96.7 Å². The normalized spacial score (nSPS) is 12.0. The van der Waals surface area contributed by atoms with Gasteiger partial charge in [-0.1, -0.05) is 33.8 Å². The molecular formula is C14H18N2. The molecule has 2 aromatic rings. The third-order valence-corrected chi connectivity index (χ3v) is 2.81. The molecule has 0 N–H and O–H groups in total. The van der Waals surface area contributed by atoms with Gasteiger partial charge in [-0.05, 0) is 23.1 Å². The van der Waals surface area contributed by atoms with Gasteiger partial charge in [0.25, 0.3) is 0 Å². The van der Waals surface area contributed by atoms with E-state index in [1.54, 1.807) is 0 Å². The molecule has 0 aliphatic rings. The molecule has 0 fully saturated rings. The van der Waals surface area contributed by atoms with E-state index in [0.29, 0.717) is 0 Å². The highest BCUT2D eigenvalue weighted by molar-refractivity contribution is 5.78. The van der Waals surface area contributed by atoms with Crippen molar-refractivity contribution in [2.24, 2.45) is 0 Å². The second-order valence-electron chi connectivity index (χ2n) is 5.16. The maximum Gasteiger partial charge on any atom is 0.128 e. The number of rotatable bonds is 1. The van der Waals surface area contributed by atoms with Crippen LogP contribution in [0.3, 0.4) is 0 Å². The Morgan fingerprint density at radius 3 is 2.56 bits per heavy atom. The van der Waals surface area contributed by atoms with Gasteiger partial charge in [0.15, 0.2) is 0 Å². The highest BCUT2D eigenvalue weighted by atomic mass is 14.9. The molecule has 1 heterocycles. The molecule has 0 spiro atoms. The summed E-state index contributed by atoms with van der Waals surface area (Å²) in [6.07, 6.45) is 2.81. The van der Waals surface area contributed by atoms with E-state index in [1.165, 1.54) is 5.56 Å². The summed E-state index contributed by atoms with van der Waals surface area (Å²) in [6.45, 7) is 8.73. The van der Waals surface area contributed by atoms with Crippen molar-refractivity contribution in [2.75, 3.05) is 0 Å². The second kappa shape index (κ2) is 3.85. The Morgan fingerprint density at radius 1 is 1.19 bits per heavy atom. The first-order chi connectivity index (χ1) is 7.50. The number of hydrogen-bond acceptors (Lipinski definition) is 2. The van der Waals surface area contributed by atoms with Gasteiger partial charge >= 0.3 is 0 Å². The van der Waals surface area contributed by atoms with Gasteiger partial charge in [0.1, 0.15) is 5.82 Å². The lowest BCUT2D eigenvalue weighted by Gasteiger charge is -2.19. The smallest absolute Gasteiger partial charge is 0.128 e. The maximum absolute atomic E-state index is 4.51. The summed E-state index contributed by atoms with van der Waals surface area (Å²) < 4.78 is 0. The predicted molar refractivity (Wildman–Crippen MR) is 67.6 cm³/mol. The zero-order chi connectivity index (χ0) is 11.8. The summed E-state index contributed by atoms with van der Waals surface area (Å²) >= 11 is 0. The van der Waals surface area contributed by atoms with Crippen LogP contribution in [0.4, 0.5) is 0 Å². The summed E-state index contributed by atoms with van der Waals surface area (Å²) in [7, 11) is 0. The van der Waals surface area contributed by atoms with Gasteiger partial charge in [0, 0.05) is 18.0 Å². The van der Waals surface area contributed by atoms with Crippen molar-refractivity contribution in [3.8, 4) is 0 Å². The van der Waals surface area contributed by atoms with Gasteiger partial charge < -0.3 is 0 Å². The van der Waals surface area contributed by atoms with Gasteiger partial charge in [-0.2, -0.15) is 0 Å². The molecule has 2 rings (SSSR count). The number of nitrogens with zero attached hydrogens (tertiary/aromatic N) is 2. The van der Waals surface area contributed by atoms with Crippen LogP contribution < -0.4 is 0 Å². The highest BCUT2D eigenvalue weighted by Crippen LogP contribution is 2.25. The van der Waals surface area contributed by atoms with Crippen LogP contribution in [-0.2, 0) is 11.8 Å². The molecule has 0 unspecified atom stereocenters. The van der Waals surface area contributed by atoms with Crippen LogP contribution in [0.5, 0.6) is 0 Å². The molecule has 0 aliphatic heterocycles. The van der Waals surface area contributed by atoms with Gasteiger partial charge in [0.2, 0.25) is 0 Å². The average Bonchev–Trinajstić information content (AvgIpc) is 2.26. The van der Waals surface area contributed by atoms with E-state index in [1.807, 2.05) is 6.20 Å². The molecule has 84 valence electrons. The number of aryl methyl sites for hydroxylation is 1. The summed E-state index contributed by atoms with van der Waals surface area (Å²) in [5.74, 6) is 0.913. The summed E-state index contributed by atoms with van der Waals surface area (Å²) in [5.41, 5.74) is 2.55. The molecule has 0 amide bonds. The summed E-state index contributed by atoms with van der Waals surface area (Å²) in [6, 6.07) is 6.44. The Bertz CT molecular complexity index is 510. The average molecular weight is 214 g/mol. The van der Waals surface area contributed by atoms with Gasteiger partial charge in [-0.15, -0.1) is 0 Å². The zero-order valence-electron chi connectivity index (χ0n) is 10.4. The molecule has 0 bridgehead atoms. The molecule has 1 aromatic carbocycles. The Morgan fingerprint density at radius 2 is 1.94 bits per heavy atom. The molecule has 0 aliphatic carbocycles. The first-order valence-corrected chi connectivity index (χ1v) is 5.77. The fourth-order valence-electron chi connectivity index (χ4n) is 1.71. The maximum atomic E-state index is 4.51. The SMILES string of the molecule is CCc1ncc2cc(C(C)(C)C)ccc2n1. The number of benzene rings is 1. The van der Waals surface area contributed by atoms with E-state index in [9.17, 15) is 0 Å². The fraction of sp³-hybridized carbons (Fsp3) is 0.429. The molecular weight excluding hydrogens is 196 g/mol. The van der Waals surface area contributed by atoms with Crippen LogP contribution in [0.15, 0.2) is 24.4 Å². The lowest BCUT2D eigenvalue weighted by molar-refractivity contribution is 0.591. The monoisotopic (exact) mass is 214 g/mol. The predicted octanol–water partition coefficient (Wildman–Crippen LogP) is 3.49. The third kappa shape index (κ3) is 2.06. The topological polar surface area (TPSA) is 25.8 Å². The third-order valence-electron chi connectivity index (χ3n) is 2.81. The van der Waals surface area contributed by atoms with E-state index >= 15 is 0 Å². The Hall–Kier alpha value is -1.44. The van der Waals surface area contributed by atoms with Gasteiger partial charge in [-0.3, -0.25) is 0 Å². The molecule has 16 heavy (non-hydrogen) atoms. The van der Waals surface area contributed by atoms with Gasteiger partial charge in [0.05, 0.1) is 5.52 Å². The molecule has 0 radical (unpaired) electrons. The molecule has 0 saturated heterocycles. The van der Waals surface area contributed by atoms with E-state index in [0.717, 1.165) is 23.1 Å². The minimum atomic E-state index is 0.178. The number of hydrogen-bond donors (Lipinski definition) is 0. The van der Waals surface area contributed by atoms with Crippen molar-refractivity contribution in [1.82, 2.24) is 9.97 Å². The van der Waals surface area contributed by atoms with Crippen molar-refractivity contribution in [3.63, 3.8) is 0 Å². The highest BCUT2D eigenvalue weighted by Gasteiger charge is 2.13. The van der Waals surface area contributed by atoms with Crippen molar-refractivity contribution in [2.45, 2.75) is 39.5 Å². The van der Waals surface area contributed by atoms with Crippen molar-refractivity contribution >= 4 is 10.9 Å². The van der Waals surface area contributed by atoms with Crippen LogP contribution in [0.25, 0.3) is 10.9 Å². The molecule has 1 aromatic heterocycles. The van der Waals surface area contributed by atoms with Crippen LogP contribution in [0.1, 0.15) is 39.1 Å². The summed E-state index contributed by atoms with van der Waals surface area (Å²) in [4.78, 5) is 8.84.